The summed E-state index contributed by atoms with van der Waals surface area (Å²) in [5, 5.41) is 2.88. The van der Waals surface area contributed by atoms with Crippen LogP contribution in [0.4, 0.5) is 4.79 Å². The van der Waals surface area contributed by atoms with Gasteiger partial charge in [-0.3, -0.25) is 19.3 Å². The van der Waals surface area contributed by atoms with Crippen LogP contribution in [0.15, 0.2) is 30.3 Å². The van der Waals surface area contributed by atoms with Crippen LogP contribution in [0.5, 0.6) is 0 Å². The number of rotatable bonds is 7. The Hall–Kier alpha value is -2.70. The molecule has 7 heteroatoms. The Morgan fingerprint density at radius 1 is 1.00 bits per heavy atom. The number of nitrogens with one attached hydrogen (secondary N) is 1. The molecule has 0 aromatic heterocycles. The van der Waals surface area contributed by atoms with Gasteiger partial charge in [0.1, 0.15) is 6.54 Å². The van der Waals surface area contributed by atoms with Gasteiger partial charge in [0, 0.05) is 6.04 Å². The molecule has 1 aliphatic heterocycles. The van der Waals surface area contributed by atoms with Crippen LogP contribution in [0, 0.1) is 5.92 Å². The van der Waals surface area contributed by atoms with Crippen LogP contribution in [-0.2, 0) is 14.4 Å². The van der Waals surface area contributed by atoms with Gasteiger partial charge in [0.25, 0.3) is 0 Å². The van der Waals surface area contributed by atoms with Crippen LogP contribution in [-0.4, -0.2) is 46.1 Å². The Balaban J connectivity index is 2.09. The Morgan fingerprint density at radius 3 is 2.12 bits per heavy atom. The van der Waals surface area contributed by atoms with E-state index in [0.29, 0.717) is 17.2 Å². The molecule has 0 saturated carbocycles. The lowest BCUT2D eigenvalue weighted by Gasteiger charge is -2.23. The van der Waals surface area contributed by atoms with Gasteiger partial charge in [-0.1, -0.05) is 44.2 Å². The van der Waals surface area contributed by atoms with Gasteiger partial charge in [-0.2, -0.15) is 0 Å². The number of benzene rings is 1. The van der Waals surface area contributed by atoms with Gasteiger partial charge in [-0.15, -0.1) is 0 Å². The molecular weight excluding hydrogens is 334 g/mol. The highest BCUT2D eigenvalue weighted by Gasteiger charge is 2.46. The Labute approximate surface area is 153 Å². The summed E-state index contributed by atoms with van der Waals surface area (Å²) < 4.78 is 0. The second-order valence-corrected chi connectivity index (χ2v) is 7.10. The largest absolute Gasteiger partial charge is 0.348 e. The summed E-state index contributed by atoms with van der Waals surface area (Å²) in [5.41, 5.74) is 0.952. The number of imide groups is 2. The van der Waals surface area contributed by atoms with Crippen LogP contribution < -0.4 is 5.32 Å². The molecule has 2 rings (SSSR count). The molecule has 1 N–H and O–H groups in total. The van der Waals surface area contributed by atoms with Crippen LogP contribution >= 0.6 is 0 Å². The lowest BCUT2D eigenvalue weighted by atomic mass is 9.97. The molecule has 0 radical (unpaired) electrons. The molecule has 0 aliphatic carbocycles. The predicted octanol–water partition coefficient (Wildman–Crippen LogP) is 2.09. The van der Waals surface area contributed by atoms with E-state index in [1.807, 2.05) is 30.3 Å². The summed E-state index contributed by atoms with van der Waals surface area (Å²) >= 11 is 0. The van der Waals surface area contributed by atoms with Crippen LogP contribution in [0.1, 0.15) is 45.7 Å². The monoisotopic (exact) mass is 359 g/mol. The minimum Gasteiger partial charge on any atom is -0.348 e. The highest BCUT2D eigenvalue weighted by Crippen LogP contribution is 2.21. The SMILES string of the molecule is CC(C)C[C@H](NC(=O)CN1C(=O)C(=O)N(C(C)C)C1=O)c1ccccc1. The van der Waals surface area contributed by atoms with Crippen molar-refractivity contribution in [2.75, 3.05) is 6.54 Å². The van der Waals surface area contributed by atoms with Gasteiger partial charge in [0.15, 0.2) is 0 Å². The van der Waals surface area contributed by atoms with Crippen molar-refractivity contribution in [1.82, 2.24) is 15.1 Å². The van der Waals surface area contributed by atoms with Crippen molar-refractivity contribution in [2.24, 2.45) is 5.92 Å². The maximum absolute atomic E-state index is 12.5. The maximum Gasteiger partial charge on any atom is 0.334 e. The highest BCUT2D eigenvalue weighted by atomic mass is 16.2. The predicted molar refractivity (Wildman–Crippen MR) is 95.9 cm³/mol. The molecule has 1 fully saturated rings. The van der Waals surface area contributed by atoms with Crippen molar-refractivity contribution in [3.63, 3.8) is 0 Å². The van der Waals surface area contributed by atoms with E-state index in [0.717, 1.165) is 10.5 Å². The van der Waals surface area contributed by atoms with E-state index in [2.05, 4.69) is 19.2 Å². The van der Waals surface area contributed by atoms with Gasteiger partial charge in [-0.05, 0) is 31.7 Å². The zero-order valence-corrected chi connectivity index (χ0v) is 15.6. The first-order valence-electron chi connectivity index (χ1n) is 8.75. The summed E-state index contributed by atoms with van der Waals surface area (Å²) in [5.74, 6) is -1.98. The lowest BCUT2D eigenvalue weighted by molar-refractivity contribution is -0.144. The average Bonchev–Trinajstić information content (AvgIpc) is 2.78. The third-order valence-electron chi connectivity index (χ3n) is 4.15. The molecule has 5 amide bonds. The van der Waals surface area contributed by atoms with E-state index in [1.165, 1.54) is 0 Å². The second kappa shape index (κ2) is 8.12. The number of amides is 5. The van der Waals surface area contributed by atoms with Crippen molar-refractivity contribution >= 4 is 23.8 Å². The molecule has 1 atom stereocenters. The number of carbonyl (C=O) groups excluding carboxylic acids is 4. The third-order valence-corrected chi connectivity index (χ3v) is 4.15. The summed E-state index contributed by atoms with van der Waals surface area (Å²) in [6.45, 7) is 6.92. The van der Waals surface area contributed by atoms with Gasteiger partial charge in [0.2, 0.25) is 5.91 Å². The summed E-state index contributed by atoms with van der Waals surface area (Å²) in [7, 11) is 0. The number of hydrogen-bond donors (Lipinski definition) is 1. The molecule has 1 aromatic rings. The van der Waals surface area contributed by atoms with Gasteiger partial charge >= 0.3 is 17.8 Å². The molecule has 1 saturated heterocycles. The topological polar surface area (TPSA) is 86.8 Å². The normalized spacial score (nSPS) is 16.0. The zero-order valence-electron chi connectivity index (χ0n) is 15.6. The summed E-state index contributed by atoms with van der Waals surface area (Å²) in [6.07, 6.45) is 0.717. The van der Waals surface area contributed by atoms with E-state index < -0.39 is 36.3 Å². The molecule has 0 unspecified atom stereocenters. The quantitative estimate of drug-likeness (QED) is 0.596. The Morgan fingerprint density at radius 2 is 1.62 bits per heavy atom. The van der Waals surface area contributed by atoms with Crippen molar-refractivity contribution in [2.45, 2.75) is 46.2 Å². The van der Waals surface area contributed by atoms with E-state index in [9.17, 15) is 19.2 Å². The van der Waals surface area contributed by atoms with E-state index in [1.54, 1.807) is 13.8 Å². The molecule has 1 aliphatic rings. The van der Waals surface area contributed by atoms with Crippen LogP contribution in [0.2, 0.25) is 0 Å². The maximum atomic E-state index is 12.5. The van der Waals surface area contributed by atoms with E-state index in [-0.39, 0.29) is 6.04 Å². The van der Waals surface area contributed by atoms with E-state index in [4.69, 9.17) is 0 Å². The van der Waals surface area contributed by atoms with Gasteiger partial charge in [0.05, 0.1) is 6.04 Å². The average molecular weight is 359 g/mol. The first-order valence-corrected chi connectivity index (χ1v) is 8.75. The molecular formula is C19H25N3O4. The fourth-order valence-electron chi connectivity index (χ4n) is 2.94. The summed E-state index contributed by atoms with van der Waals surface area (Å²) in [4.78, 5) is 50.2. The molecule has 1 heterocycles. The minimum absolute atomic E-state index is 0.228. The van der Waals surface area contributed by atoms with Crippen molar-refractivity contribution < 1.29 is 19.2 Å². The number of hydrogen-bond acceptors (Lipinski definition) is 4. The third kappa shape index (κ3) is 4.28. The van der Waals surface area contributed by atoms with Crippen molar-refractivity contribution in [3.05, 3.63) is 35.9 Å². The smallest absolute Gasteiger partial charge is 0.334 e. The van der Waals surface area contributed by atoms with Crippen molar-refractivity contribution in [3.8, 4) is 0 Å². The standard InChI is InChI=1S/C19H25N3O4/c1-12(2)10-15(14-8-6-5-7-9-14)20-16(23)11-21-17(24)18(25)22(13(3)4)19(21)26/h5-9,12-13,15H,10-11H2,1-4H3,(H,20,23)/t15-/m0/s1. The minimum atomic E-state index is -0.959. The number of nitrogens with zero attached hydrogens (tertiary/aromatic N) is 2. The second-order valence-electron chi connectivity index (χ2n) is 7.10. The molecule has 7 nitrogen and oxygen atoms in total. The lowest BCUT2D eigenvalue weighted by Crippen LogP contribution is -2.43. The first kappa shape index (κ1) is 19.6. The van der Waals surface area contributed by atoms with Gasteiger partial charge < -0.3 is 5.32 Å². The fraction of sp³-hybridized carbons (Fsp3) is 0.474. The van der Waals surface area contributed by atoms with Crippen molar-refractivity contribution in [1.29, 1.82) is 0 Å². The Bertz CT molecular complexity index is 700. The van der Waals surface area contributed by atoms with Gasteiger partial charge in [-0.25, -0.2) is 9.69 Å². The Kier molecular flexibility index (Phi) is 6.13. The fourth-order valence-corrected chi connectivity index (χ4v) is 2.94. The first-order chi connectivity index (χ1) is 12.2. The van der Waals surface area contributed by atoms with Crippen LogP contribution in [0.3, 0.4) is 0 Å². The summed E-state index contributed by atoms with van der Waals surface area (Å²) in [6, 6.07) is 8.10. The number of carbonyl (C=O) groups is 4. The molecule has 26 heavy (non-hydrogen) atoms. The highest BCUT2D eigenvalue weighted by molar-refractivity contribution is 6.45. The molecule has 0 bridgehead atoms. The van der Waals surface area contributed by atoms with Crippen LogP contribution in [0.25, 0.3) is 0 Å². The molecule has 0 spiro atoms. The molecule has 140 valence electrons. The zero-order chi connectivity index (χ0) is 19.4. The van der Waals surface area contributed by atoms with E-state index >= 15 is 0 Å². The number of urea groups is 1. The molecule has 1 aromatic carbocycles.